The maximum absolute atomic E-state index is 11.1. The minimum absolute atomic E-state index is 0.602. The van der Waals surface area contributed by atoms with Crippen LogP contribution in [-0.4, -0.2) is 52.2 Å². The van der Waals surface area contributed by atoms with Gasteiger partial charge in [0, 0.05) is 0 Å². The SMILES string of the molecule is CCCCCCCCCCCCCCCCC/C=C/[N+](CC(=O)[O-])(CC(=O)O)CC(=O)O. The van der Waals surface area contributed by atoms with E-state index >= 15 is 0 Å². The molecule has 0 amide bonds. The van der Waals surface area contributed by atoms with Crippen LogP contribution in [-0.2, 0) is 14.4 Å². The summed E-state index contributed by atoms with van der Waals surface area (Å²) in [7, 11) is 0. The van der Waals surface area contributed by atoms with Crippen molar-refractivity contribution in [1.29, 1.82) is 0 Å². The molecule has 0 aliphatic heterocycles. The van der Waals surface area contributed by atoms with Gasteiger partial charge in [-0.2, -0.15) is 0 Å². The van der Waals surface area contributed by atoms with Crippen LogP contribution in [0.1, 0.15) is 110 Å². The van der Waals surface area contributed by atoms with Crippen LogP contribution < -0.4 is 5.11 Å². The highest BCUT2D eigenvalue weighted by atomic mass is 16.4. The molecule has 0 aliphatic rings. The number of carbonyl (C=O) groups is 3. The van der Waals surface area contributed by atoms with Gasteiger partial charge in [-0.25, -0.2) is 9.59 Å². The highest BCUT2D eigenvalue weighted by Crippen LogP contribution is 2.14. The number of unbranched alkanes of at least 4 members (excludes halogenated alkanes) is 15. The third-order valence-electron chi connectivity index (χ3n) is 5.74. The summed E-state index contributed by atoms with van der Waals surface area (Å²) in [5.41, 5.74) is 0. The van der Waals surface area contributed by atoms with E-state index in [2.05, 4.69) is 6.92 Å². The van der Waals surface area contributed by atoms with Gasteiger partial charge in [-0.15, -0.1) is 0 Å². The monoisotopic (exact) mass is 455 g/mol. The standard InChI is InChI=1S/C25H45NO6/c1-2-3-4-5-6-7-8-9-10-11-12-13-14-15-16-17-18-19-26(20-23(27)28,21-24(29)30)22-25(31)32/h18-19H,2-17,20-22H2,1H3,(H2-,27,28,29,30,31,32)/b19-18+. The summed E-state index contributed by atoms with van der Waals surface area (Å²) in [5.74, 6) is -3.96. The molecule has 0 spiro atoms. The average molecular weight is 456 g/mol. The van der Waals surface area contributed by atoms with Crippen molar-refractivity contribution in [3.05, 3.63) is 12.3 Å². The number of hydrogen-bond acceptors (Lipinski definition) is 4. The van der Waals surface area contributed by atoms with Crippen LogP contribution in [0.3, 0.4) is 0 Å². The van der Waals surface area contributed by atoms with Crippen LogP contribution in [0, 0.1) is 0 Å². The Bertz CT molecular complexity index is 506. The van der Waals surface area contributed by atoms with Gasteiger partial charge in [0.1, 0.15) is 6.54 Å². The summed E-state index contributed by atoms with van der Waals surface area (Å²) in [6.07, 6.45) is 22.9. The molecule has 0 saturated carbocycles. The van der Waals surface area contributed by atoms with E-state index in [1.54, 1.807) is 6.08 Å². The van der Waals surface area contributed by atoms with Gasteiger partial charge in [-0.3, -0.25) is 4.48 Å². The fraction of sp³-hybridized carbons (Fsp3) is 0.800. The highest BCUT2D eigenvalue weighted by Gasteiger charge is 2.31. The molecule has 0 atom stereocenters. The minimum atomic E-state index is -1.47. The lowest BCUT2D eigenvalue weighted by Crippen LogP contribution is -2.55. The van der Waals surface area contributed by atoms with E-state index in [-0.39, 0.29) is 0 Å². The Morgan fingerprint density at radius 3 is 1.38 bits per heavy atom. The van der Waals surface area contributed by atoms with Crippen molar-refractivity contribution >= 4 is 17.9 Å². The molecule has 0 radical (unpaired) electrons. The van der Waals surface area contributed by atoms with Gasteiger partial charge in [0.25, 0.3) is 0 Å². The Kier molecular flexibility index (Phi) is 18.6. The number of carboxylic acids is 3. The van der Waals surface area contributed by atoms with Crippen LogP contribution in [0.25, 0.3) is 0 Å². The molecule has 0 bridgehead atoms. The minimum Gasteiger partial charge on any atom is -0.544 e. The normalized spacial score (nSPS) is 11.8. The third kappa shape index (κ3) is 18.8. The average Bonchev–Trinajstić information content (AvgIpc) is 2.68. The third-order valence-corrected chi connectivity index (χ3v) is 5.74. The molecule has 2 N–H and O–H groups in total. The van der Waals surface area contributed by atoms with Gasteiger partial charge in [0.15, 0.2) is 13.1 Å². The lowest BCUT2D eigenvalue weighted by atomic mass is 10.0. The summed E-state index contributed by atoms with van der Waals surface area (Å²) < 4.78 is -0.675. The van der Waals surface area contributed by atoms with E-state index in [0.717, 1.165) is 19.3 Å². The maximum atomic E-state index is 11.1. The maximum Gasteiger partial charge on any atom is 0.359 e. The smallest absolute Gasteiger partial charge is 0.359 e. The molecule has 7 heteroatoms. The van der Waals surface area contributed by atoms with E-state index < -0.39 is 42.0 Å². The number of aliphatic carboxylic acids is 3. The molecule has 0 aromatic carbocycles. The van der Waals surface area contributed by atoms with Crippen molar-refractivity contribution in [1.82, 2.24) is 0 Å². The van der Waals surface area contributed by atoms with Crippen molar-refractivity contribution in [2.24, 2.45) is 0 Å². The molecule has 0 fully saturated rings. The van der Waals surface area contributed by atoms with Gasteiger partial charge in [0.05, 0.1) is 12.2 Å². The van der Waals surface area contributed by atoms with Gasteiger partial charge in [-0.05, 0) is 18.9 Å². The zero-order valence-corrected chi connectivity index (χ0v) is 20.1. The van der Waals surface area contributed by atoms with E-state index in [4.69, 9.17) is 10.2 Å². The van der Waals surface area contributed by atoms with Crippen molar-refractivity contribution in [3.63, 3.8) is 0 Å². The highest BCUT2D eigenvalue weighted by molar-refractivity contribution is 5.72. The Morgan fingerprint density at radius 1 is 0.656 bits per heavy atom. The first-order valence-electron chi connectivity index (χ1n) is 12.5. The zero-order chi connectivity index (χ0) is 24.1. The first kappa shape index (κ1) is 30.1. The molecule has 186 valence electrons. The quantitative estimate of drug-likeness (QED) is 0.173. The summed E-state index contributed by atoms with van der Waals surface area (Å²) in [4.78, 5) is 33.2. The molecular formula is C25H45NO6. The second-order valence-corrected chi connectivity index (χ2v) is 8.98. The van der Waals surface area contributed by atoms with Crippen LogP contribution in [0.5, 0.6) is 0 Å². The molecule has 0 unspecified atom stereocenters. The largest absolute Gasteiger partial charge is 0.544 e. The lowest BCUT2D eigenvalue weighted by molar-refractivity contribution is -0.859. The fourth-order valence-electron chi connectivity index (χ4n) is 4.05. The van der Waals surface area contributed by atoms with E-state index in [1.165, 1.54) is 83.2 Å². The molecule has 32 heavy (non-hydrogen) atoms. The number of quaternary nitrogens is 1. The lowest BCUT2D eigenvalue weighted by Gasteiger charge is -2.32. The van der Waals surface area contributed by atoms with Crippen LogP contribution in [0.4, 0.5) is 0 Å². The number of rotatable bonds is 23. The molecule has 0 aliphatic carbocycles. The number of nitrogens with zero attached hydrogens (tertiary/aromatic N) is 1. The Morgan fingerprint density at radius 2 is 1.03 bits per heavy atom. The molecule has 7 nitrogen and oxygen atoms in total. The van der Waals surface area contributed by atoms with Crippen LogP contribution in [0.2, 0.25) is 0 Å². The Hall–Kier alpha value is -1.89. The Labute approximate surface area is 194 Å². The second kappa shape index (κ2) is 19.8. The first-order chi connectivity index (χ1) is 15.3. The predicted molar refractivity (Wildman–Crippen MR) is 124 cm³/mol. The number of hydrogen-bond donors (Lipinski definition) is 2. The van der Waals surface area contributed by atoms with Crippen molar-refractivity contribution in [2.45, 2.75) is 110 Å². The molecule has 0 saturated heterocycles. The van der Waals surface area contributed by atoms with Gasteiger partial charge < -0.3 is 20.1 Å². The fourth-order valence-corrected chi connectivity index (χ4v) is 4.05. The number of carboxylic acid groups (broad SMARTS) is 3. The summed E-state index contributed by atoms with van der Waals surface area (Å²) in [5, 5.41) is 29.1. The van der Waals surface area contributed by atoms with E-state index in [1.807, 2.05) is 0 Å². The van der Waals surface area contributed by atoms with E-state index in [0.29, 0.717) is 6.42 Å². The second-order valence-electron chi connectivity index (χ2n) is 8.98. The molecule has 0 rings (SSSR count). The van der Waals surface area contributed by atoms with Crippen LogP contribution >= 0.6 is 0 Å². The van der Waals surface area contributed by atoms with Crippen molar-refractivity contribution in [2.75, 3.05) is 19.6 Å². The zero-order valence-electron chi connectivity index (χ0n) is 20.1. The van der Waals surface area contributed by atoms with Crippen molar-refractivity contribution in [3.8, 4) is 0 Å². The molecule has 0 aromatic rings. The number of allylic oxidation sites excluding steroid dienone is 1. The number of carbonyl (C=O) groups excluding carboxylic acids is 1. The first-order valence-corrected chi connectivity index (χ1v) is 12.5. The summed E-state index contributed by atoms with van der Waals surface area (Å²) in [6.45, 7) is 0.372. The molecule has 0 heterocycles. The van der Waals surface area contributed by atoms with Crippen LogP contribution in [0.15, 0.2) is 12.3 Å². The topological polar surface area (TPSA) is 115 Å². The van der Waals surface area contributed by atoms with Gasteiger partial charge in [0.2, 0.25) is 0 Å². The Balaban J connectivity index is 3.90. The molecular weight excluding hydrogens is 410 g/mol. The predicted octanol–water partition coefficient (Wildman–Crippen LogP) is 4.50. The molecule has 0 aromatic heterocycles. The van der Waals surface area contributed by atoms with E-state index in [9.17, 15) is 19.5 Å². The van der Waals surface area contributed by atoms with Gasteiger partial charge in [-0.1, -0.05) is 96.8 Å². The summed E-state index contributed by atoms with van der Waals surface area (Å²) >= 11 is 0. The summed E-state index contributed by atoms with van der Waals surface area (Å²) in [6, 6.07) is 0. The van der Waals surface area contributed by atoms with Gasteiger partial charge >= 0.3 is 11.9 Å². The van der Waals surface area contributed by atoms with Crippen molar-refractivity contribution < 1.29 is 34.2 Å².